The average Bonchev–Trinajstić information content (AvgIpc) is 2.07. The number of methoxy groups -OCH3 is 2. The zero-order chi connectivity index (χ0) is 12.6. The lowest BCUT2D eigenvalue weighted by Crippen LogP contribution is -2.69. The zero-order valence-corrected chi connectivity index (χ0v) is 10.6. The maximum Gasteiger partial charge on any atom is 0.321 e. The molecular formula is C11H21NO4. The fourth-order valence-corrected chi connectivity index (χ4v) is 2.17. The van der Waals surface area contributed by atoms with Gasteiger partial charge >= 0.3 is 5.97 Å². The van der Waals surface area contributed by atoms with Crippen molar-refractivity contribution in [2.24, 2.45) is 5.41 Å². The van der Waals surface area contributed by atoms with Gasteiger partial charge in [0.05, 0.1) is 13.1 Å². The summed E-state index contributed by atoms with van der Waals surface area (Å²) in [4.78, 5) is 13.1. The normalized spacial score (nSPS) is 22.6. The molecule has 0 aromatic rings. The molecule has 1 aliphatic heterocycles. The first kappa shape index (κ1) is 13.4. The number of carboxylic acids is 1. The molecule has 0 spiro atoms. The van der Waals surface area contributed by atoms with Crippen molar-refractivity contribution in [2.45, 2.75) is 32.6 Å². The highest BCUT2D eigenvalue weighted by Crippen LogP contribution is 2.34. The third kappa shape index (κ3) is 2.36. The van der Waals surface area contributed by atoms with Crippen molar-refractivity contribution in [1.82, 2.24) is 4.90 Å². The zero-order valence-electron chi connectivity index (χ0n) is 10.6. The molecule has 1 unspecified atom stereocenters. The Labute approximate surface area is 96.3 Å². The second-order valence-corrected chi connectivity index (χ2v) is 5.33. The number of rotatable bonds is 4. The summed E-state index contributed by atoms with van der Waals surface area (Å²) >= 11 is 0. The van der Waals surface area contributed by atoms with E-state index >= 15 is 0 Å². The van der Waals surface area contributed by atoms with Gasteiger partial charge in [-0.15, -0.1) is 0 Å². The number of nitrogens with zero attached hydrogens (tertiary/aromatic N) is 1. The van der Waals surface area contributed by atoms with Crippen LogP contribution in [-0.4, -0.2) is 55.1 Å². The van der Waals surface area contributed by atoms with E-state index in [2.05, 4.69) is 0 Å². The molecule has 1 rings (SSSR count). The molecule has 0 aromatic carbocycles. The van der Waals surface area contributed by atoms with Crippen LogP contribution in [0.5, 0.6) is 0 Å². The Hall–Kier alpha value is -0.650. The van der Waals surface area contributed by atoms with Crippen molar-refractivity contribution in [2.75, 3.05) is 27.3 Å². The topological polar surface area (TPSA) is 59.0 Å². The summed E-state index contributed by atoms with van der Waals surface area (Å²) in [7, 11) is 3.15. The molecule has 94 valence electrons. The molecule has 1 saturated heterocycles. The second-order valence-electron chi connectivity index (χ2n) is 5.33. The number of aliphatic carboxylic acids is 1. The fourth-order valence-electron chi connectivity index (χ4n) is 2.17. The summed E-state index contributed by atoms with van der Waals surface area (Å²) in [6.45, 7) is 6.75. The smallest absolute Gasteiger partial charge is 0.321 e. The molecule has 1 heterocycles. The predicted octanol–water partition coefficient (Wildman–Crippen LogP) is 0.790. The number of likely N-dealkylation sites (tertiary alicyclic amines) is 1. The number of hydrogen-bond acceptors (Lipinski definition) is 4. The average molecular weight is 231 g/mol. The molecule has 0 radical (unpaired) electrons. The standard InChI is InChI=1S/C11H21NO4/c1-10(2,3)8(9(13)14)12-6-11(7-12,15-4)16-5/h8H,6-7H2,1-5H3,(H,13,14). The molecule has 0 aromatic heterocycles. The summed E-state index contributed by atoms with van der Waals surface area (Å²) < 4.78 is 10.5. The van der Waals surface area contributed by atoms with Crippen LogP contribution in [0.4, 0.5) is 0 Å². The van der Waals surface area contributed by atoms with Gasteiger partial charge in [-0.25, -0.2) is 0 Å². The van der Waals surface area contributed by atoms with Gasteiger partial charge in [0.2, 0.25) is 0 Å². The van der Waals surface area contributed by atoms with Crippen LogP contribution in [0.15, 0.2) is 0 Å². The van der Waals surface area contributed by atoms with Crippen molar-refractivity contribution < 1.29 is 19.4 Å². The summed E-state index contributed by atoms with van der Waals surface area (Å²) in [6, 6.07) is -0.508. The van der Waals surface area contributed by atoms with Crippen LogP contribution in [0.3, 0.4) is 0 Å². The Morgan fingerprint density at radius 1 is 1.31 bits per heavy atom. The highest BCUT2D eigenvalue weighted by molar-refractivity contribution is 5.74. The van der Waals surface area contributed by atoms with E-state index in [-0.39, 0.29) is 5.41 Å². The van der Waals surface area contributed by atoms with E-state index in [9.17, 15) is 9.90 Å². The molecule has 1 fully saturated rings. The summed E-state index contributed by atoms with van der Waals surface area (Å²) in [5, 5.41) is 9.24. The van der Waals surface area contributed by atoms with Crippen molar-refractivity contribution in [3.05, 3.63) is 0 Å². The molecular weight excluding hydrogens is 210 g/mol. The Balaban J connectivity index is 2.70. The van der Waals surface area contributed by atoms with Gasteiger partial charge in [0, 0.05) is 14.2 Å². The van der Waals surface area contributed by atoms with Crippen molar-refractivity contribution >= 4 is 5.97 Å². The van der Waals surface area contributed by atoms with Crippen LogP contribution in [0.25, 0.3) is 0 Å². The van der Waals surface area contributed by atoms with E-state index < -0.39 is 17.8 Å². The number of ether oxygens (including phenoxy) is 2. The predicted molar refractivity (Wildman–Crippen MR) is 59.2 cm³/mol. The van der Waals surface area contributed by atoms with Gasteiger partial charge in [-0.05, 0) is 5.41 Å². The molecule has 5 heteroatoms. The number of carboxylic acid groups (broad SMARTS) is 1. The quantitative estimate of drug-likeness (QED) is 0.725. The molecule has 0 bridgehead atoms. The van der Waals surface area contributed by atoms with Gasteiger partial charge in [-0.1, -0.05) is 20.8 Å². The van der Waals surface area contributed by atoms with E-state index in [1.807, 2.05) is 25.7 Å². The molecule has 5 nitrogen and oxygen atoms in total. The monoisotopic (exact) mass is 231 g/mol. The Morgan fingerprint density at radius 2 is 1.75 bits per heavy atom. The van der Waals surface area contributed by atoms with Crippen LogP contribution in [0, 0.1) is 5.41 Å². The Kier molecular flexibility index (Phi) is 3.62. The highest BCUT2D eigenvalue weighted by Gasteiger charge is 2.51. The Bertz CT molecular complexity index is 260. The van der Waals surface area contributed by atoms with Gasteiger partial charge in [-0.3, -0.25) is 9.69 Å². The van der Waals surface area contributed by atoms with E-state index in [0.717, 1.165) is 0 Å². The maximum atomic E-state index is 11.2. The molecule has 1 aliphatic rings. The van der Waals surface area contributed by atoms with Crippen molar-refractivity contribution in [1.29, 1.82) is 0 Å². The molecule has 0 aliphatic carbocycles. The lowest BCUT2D eigenvalue weighted by atomic mass is 9.83. The first-order valence-electron chi connectivity index (χ1n) is 5.33. The molecule has 1 atom stereocenters. The van der Waals surface area contributed by atoms with Gasteiger partial charge in [0.15, 0.2) is 5.79 Å². The summed E-state index contributed by atoms with van der Waals surface area (Å²) in [6.07, 6.45) is 0. The van der Waals surface area contributed by atoms with E-state index in [1.165, 1.54) is 0 Å². The summed E-state index contributed by atoms with van der Waals surface area (Å²) in [5.41, 5.74) is -0.306. The molecule has 0 saturated carbocycles. The van der Waals surface area contributed by atoms with E-state index in [4.69, 9.17) is 9.47 Å². The van der Waals surface area contributed by atoms with Crippen LogP contribution in [0.1, 0.15) is 20.8 Å². The first-order chi connectivity index (χ1) is 7.25. The van der Waals surface area contributed by atoms with Gasteiger partial charge in [0.1, 0.15) is 6.04 Å². The van der Waals surface area contributed by atoms with E-state index in [1.54, 1.807) is 14.2 Å². The lowest BCUT2D eigenvalue weighted by Gasteiger charge is -2.52. The van der Waals surface area contributed by atoms with Crippen molar-refractivity contribution in [3.63, 3.8) is 0 Å². The largest absolute Gasteiger partial charge is 0.480 e. The lowest BCUT2D eigenvalue weighted by molar-refractivity contribution is -0.286. The highest BCUT2D eigenvalue weighted by atomic mass is 16.7. The minimum absolute atomic E-state index is 0.306. The Morgan fingerprint density at radius 3 is 2.00 bits per heavy atom. The fraction of sp³-hybridized carbons (Fsp3) is 0.909. The third-order valence-electron chi connectivity index (χ3n) is 3.05. The van der Waals surface area contributed by atoms with Gasteiger partial charge < -0.3 is 14.6 Å². The maximum absolute atomic E-state index is 11.2. The minimum Gasteiger partial charge on any atom is -0.480 e. The van der Waals surface area contributed by atoms with E-state index in [0.29, 0.717) is 13.1 Å². The van der Waals surface area contributed by atoms with Crippen LogP contribution in [0.2, 0.25) is 0 Å². The number of carbonyl (C=O) groups is 1. The first-order valence-corrected chi connectivity index (χ1v) is 5.33. The summed E-state index contributed by atoms with van der Waals surface area (Å²) in [5.74, 6) is -1.42. The third-order valence-corrected chi connectivity index (χ3v) is 3.05. The van der Waals surface area contributed by atoms with Crippen LogP contribution >= 0.6 is 0 Å². The molecule has 16 heavy (non-hydrogen) atoms. The van der Waals surface area contributed by atoms with Gasteiger partial charge in [-0.2, -0.15) is 0 Å². The van der Waals surface area contributed by atoms with Crippen molar-refractivity contribution in [3.8, 4) is 0 Å². The SMILES string of the molecule is COC1(OC)CN(C(C(=O)O)C(C)(C)C)C1. The van der Waals surface area contributed by atoms with Gasteiger partial charge in [0.25, 0.3) is 0 Å². The van der Waals surface area contributed by atoms with Crippen LogP contribution < -0.4 is 0 Å². The minimum atomic E-state index is -0.798. The van der Waals surface area contributed by atoms with Crippen LogP contribution in [-0.2, 0) is 14.3 Å². The second kappa shape index (κ2) is 4.31. The number of hydrogen-bond donors (Lipinski definition) is 1. The molecule has 1 N–H and O–H groups in total. The molecule has 0 amide bonds.